The van der Waals surface area contributed by atoms with Crippen molar-refractivity contribution in [2.24, 2.45) is 0 Å². The number of morpholine rings is 1. The predicted molar refractivity (Wildman–Crippen MR) is 97.3 cm³/mol. The lowest BCUT2D eigenvalue weighted by Gasteiger charge is -2.35. The highest BCUT2D eigenvalue weighted by molar-refractivity contribution is 5.99. The molecule has 0 aromatic heterocycles. The number of ether oxygens (including phenoxy) is 1. The van der Waals surface area contributed by atoms with Gasteiger partial charge in [-0.05, 0) is 52.3 Å². The lowest BCUT2D eigenvalue weighted by Crippen LogP contribution is -2.45. The molecule has 1 heterocycles. The molecule has 1 saturated heterocycles. The van der Waals surface area contributed by atoms with E-state index in [2.05, 4.69) is 24.1 Å². The number of carbonyl (C=O) groups excluding carboxylic acids is 1. The van der Waals surface area contributed by atoms with E-state index in [1.165, 1.54) is 13.0 Å². The summed E-state index contributed by atoms with van der Waals surface area (Å²) in [7, 11) is 0. The Bertz CT molecular complexity index is 610. The van der Waals surface area contributed by atoms with Crippen LogP contribution in [0.3, 0.4) is 0 Å². The first-order chi connectivity index (χ1) is 11.9. The van der Waals surface area contributed by atoms with E-state index in [0.717, 1.165) is 44.7 Å². The molecule has 0 amide bonds. The molecule has 0 saturated carbocycles. The van der Waals surface area contributed by atoms with Gasteiger partial charge in [0, 0.05) is 31.4 Å². The molecule has 0 radical (unpaired) electrons. The molecule has 7 nitrogen and oxygen atoms in total. The molecule has 1 fully saturated rings. The summed E-state index contributed by atoms with van der Waals surface area (Å²) in [5.41, 5.74) is 0.740. The number of Topliss-reactive ketones (excluding diaryl/α,β-unsaturated/α-hetero) is 1. The standard InChI is InChI=1S/C18H27N3O4/c1-13-11-20(12-14(2)25-13)9-5-4-8-19-16-6-7-18(21(23)24)17(10-16)15(3)22/h6-7,10,13-14,19H,4-5,8-9,11-12H2,1-3H3/t13-,14+. The van der Waals surface area contributed by atoms with E-state index in [-0.39, 0.29) is 29.2 Å². The van der Waals surface area contributed by atoms with E-state index in [1.807, 2.05) is 0 Å². The lowest BCUT2D eigenvalue weighted by atomic mass is 10.1. The SMILES string of the molecule is CC(=O)c1cc(NCCCCN2C[C@@H](C)O[C@@H](C)C2)ccc1[N+](=O)[O-]. The average molecular weight is 349 g/mol. The number of anilines is 1. The molecule has 1 aliphatic heterocycles. The number of hydrogen-bond acceptors (Lipinski definition) is 6. The maximum Gasteiger partial charge on any atom is 0.280 e. The number of rotatable bonds is 8. The second-order valence-electron chi connectivity index (χ2n) is 6.70. The van der Waals surface area contributed by atoms with Gasteiger partial charge in [0.25, 0.3) is 5.69 Å². The van der Waals surface area contributed by atoms with Crippen molar-refractivity contribution in [2.45, 2.75) is 45.8 Å². The number of benzene rings is 1. The summed E-state index contributed by atoms with van der Waals surface area (Å²) >= 11 is 0. The molecular weight excluding hydrogens is 322 g/mol. The van der Waals surface area contributed by atoms with Gasteiger partial charge >= 0.3 is 0 Å². The van der Waals surface area contributed by atoms with Crippen LogP contribution in [0, 0.1) is 10.1 Å². The summed E-state index contributed by atoms with van der Waals surface area (Å²) in [4.78, 5) is 24.4. The van der Waals surface area contributed by atoms with E-state index in [4.69, 9.17) is 4.74 Å². The van der Waals surface area contributed by atoms with Gasteiger partial charge in [-0.25, -0.2) is 0 Å². The van der Waals surface area contributed by atoms with Gasteiger partial charge in [0.15, 0.2) is 5.78 Å². The summed E-state index contributed by atoms with van der Waals surface area (Å²) in [5.74, 6) is -0.300. The normalized spacial score (nSPS) is 21.1. The van der Waals surface area contributed by atoms with Crippen LogP contribution in [0.1, 0.15) is 44.0 Å². The molecule has 25 heavy (non-hydrogen) atoms. The van der Waals surface area contributed by atoms with Crippen LogP contribution >= 0.6 is 0 Å². The number of carbonyl (C=O) groups is 1. The highest BCUT2D eigenvalue weighted by atomic mass is 16.6. The van der Waals surface area contributed by atoms with Gasteiger partial charge in [0.2, 0.25) is 0 Å². The molecule has 0 unspecified atom stereocenters. The maximum atomic E-state index is 11.6. The van der Waals surface area contributed by atoms with Crippen molar-refractivity contribution in [3.05, 3.63) is 33.9 Å². The monoisotopic (exact) mass is 349 g/mol. The Labute approximate surface area is 148 Å². The zero-order valence-corrected chi connectivity index (χ0v) is 15.2. The fraction of sp³-hybridized carbons (Fsp3) is 0.611. The number of unbranched alkanes of at least 4 members (excludes halogenated alkanes) is 1. The van der Waals surface area contributed by atoms with Crippen LogP contribution < -0.4 is 5.32 Å². The van der Waals surface area contributed by atoms with Crippen molar-refractivity contribution in [3.8, 4) is 0 Å². The first-order valence-electron chi connectivity index (χ1n) is 8.78. The first kappa shape index (κ1) is 19.3. The molecule has 0 aliphatic carbocycles. The van der Waals surface area contributed by atoms with Crippen LogP contribution in [0.2, 0.25) is 0 Å². The molecule has 1 aliphatic rings. The van der Waals surface area contributed by atoms with Crippen LogP contribution in [0.15, 0.2) is 18.2 Å². The fourth-order valence-electron chi connectivity index (χ4n) is 3.25. The minimum atomic E-state index is -0.523. The third kappa shape index (κ3) is 5.79. The number of hydrogen-bond donors (Lipinski definition) is 1. The number of nitrogens with one attached hydrogen (secondary N) is 1. The Balaban J connectivity index is 1.77. The minimum absolute atomic E-state index is 0.145. The van der Waals surface area contributed by atoms with Crippen molar-refractivity contribution in [1.82, 2.24) is 4.90 Å². The summed E-state index contributed by atoms with van der Waals surface area (Å²) in [6, 6.07) is 4.59. The van der Waals surface area contributed by atoms with Gasteiger partial charge in [-0.1, -0.05) is 0 Å². The minimum Gasteiger partial charge on any atom is -0.385 e. The van der Waals surface area contributed by atoms with E-state index in [1.54, 1.807) is 12.1 Å². The van der Waals surface area contributed by atoms with Gasteiger partial charge in [0.05, 0.1) is 22.7 Å². The molecule has 1 aromatic carbocycles. The molecule has 1 aromatic rings. The lowest BCUT2D eigenvalue weighted by molar-refractivity contribution is -0.385. The smallest absolute Gasteiger partial charge is 0.280 e. The van der Waals surface area contributed by atoms with E-state index in [9.17, 15) is 14.9 Å². The Morgan fingerprint density at radius 2 is 2.00 bits per heavy atom. The third-order valence-corrected chi connectivity index (χ3v) is 4.30. The molecule has 2 atom stereocenters. The second kappa shape index (κ2) is 8.92. The highest BCUT2D eigenvalue weighted by Gasteiger charge is 2.21. The van der Waals surface area contributed by atoms with Crippen molar-refractivity contribution < 1.29 is 14.5 Å². The van der Waals surface area contributed by atoms with Crippen LogP contribution in [0.4, 0.5) is 11.4 Å². The van der Waals surface area contributed by atoms with Gasteiger partial charge in [-0.15, -0.1) is 0 Å². The molecule has 7 heteroatoms. The largest absolute Gasteiger partial charge is 0.385 e. The van der Waals surface area contributed by atoms with Gasteiger partial charge in [-0.2, -0.15) is 0 Å². The van der Waals surface area contributed by atoms with E-state index < -0.39 is 4.92 Å². The average Bonchev–Trinajstić information content (AvgIpc) is 2.53. The fourth-order valence-corrected chi connectivity index (χ4v) is 3.25. The number of nitro benzene ring substituents is 1. The Morgan fingerprint density at radius 3 is 2.60 bits per heavy atom. The van der Waals surface area contributed by atoms with Crippen LogP contribution in [-0.2, 0) is 4.74 Å². The third-order valence-electron chi connectivity index (χ3n) is 4.30. The van der Waals surface area contributed by atoms with Crippen LogP contribution in [0.25, 0.3) is 0 Å². The number of nitro groups is 1. The van der Waals surface area contributed by atoms with Gasteiger partial charge < -0.3 is 10.1 Å². The van der Waals surface area contributed by atoms with E-state index >= 15 is 0 Å². The number of ketones is 1. The summed E-state index contributed by atoms with van der Waals surface area (Å²) < 4.78 is 5.73. The van der Waals surface area contributed by atoms with Crippen molar-refractivity contribution in [1.29, 1.82) is 0 Å². The molecule has 138 valence electrons. The Hall–Kier alpha value is -1.99. The van der Waals surface area contributed by atoms with Gasteiger partial charge in [0.1, 0.15) is 0 Å². The van der Waals surface area contributed by atoms with Crippen LogP contribution in [0.5, 0.6) is 0 Å². The van der Waals surface area contributed by atoms with Crippen molar-refractivity contribution in [3.63, 3.8) is 0 Å². The van der Waals surface area contributed by atoms with Crippen molar-refractivity contribution >= 4 is 17.2 Å². The quantitative estimate of drug-likeness (QED) is 0.336. The molecule has 1 N–H and O–H groups in total. The molecule has 0 spiro atoms. The summed E-state index contributed by atoms with van der Waals surface area (Å²) in [5, 5.41) is 14.2. The molecule has 0 bridgehead atoms. The summed E-state index contributed by atoms with van der Waals surface area (Å²) in [6.07, 6.45) is 2.63. The van der Waals surface area contributed by atoms with Gasteiger partial charge in [-0.3, -0.25) is 19.8 Å². The maximum absolute atomic E-state index is 11.6. The zero-order chi connectivity index (χ0) is 18.4. The first-order valence-corrected chi connectivity index (χ1v) is 8.78. The highest BCUT2D eigenvalue weighted by Crippen LogP contribution is 2.23. The topological polar surface area (TPSA) is 84.7 Å². The Kier molecular flexibility index (Phi) is 6.90. The zero-order valence-electron chi connectivity index (χ0n) is 15.2. The molecule has 2 rings (SSSR count). The van der Waals surface area contributed by atoms with E-state index in [0.29, 0.717) is 0 Å². The predicted octanol–water partition coefficient (Wildman–Crippen LogP) is 3.10. The number of nitrogens with zero attached hydrogens (tertiary/aromatic N) is 2. The van der Waals surface area contributed by atoms with Crippen LogP contribution in [-0.4, -0.2) is 54.0 Å². The van der Waals surface area contributed by atoms with Crippen molar-refractivity contribution in [2.75, 3.05) is 31.5 Å². The molecular formula is C18H27N3O4. The second-order valence-corrected chi connectivity index (χ2v) is 6.70. The Morgan fingerprint density at radius 1 is 1.32 bits per heavy atom. The summed E-state index contributed by atoms with van der Waals surface area (Å²) in [6.45, 7) is 9.31.